The molecule has 1 aliphatic carbocycles. The molecule has 1 N–H and O–H groups in total. The molecule has 0 amide bonds. The number of alkyl halides is 2. The number of nitrogens with zero attached hydrogens (tertiary/aromatic N) is 4. The number of aliphatic hydroxyl groups is 1. The van der Waals surface area contributed by atoms with E-state index in [0.29, 0.717) is 23.9 Å². The standard InChI is InChI=1S/C19H20F2N4O3S/c1-29(27)19-23-15(10-16(24-19)28-14-9-5-4-8-13(14)26)25-12-7-3-2-6-11(12)22-18(25)17(20)21/h2-3,6-7,10,13-14,17,26H,4-5,8-9H2,1H3/t13-,14+,29?/m1/s1. The molecule has 3 atom stereocenters. The third-order valence-corrected chi connectivity index (χ3v) is 5.57. The number of hydrogen-bond donors (Lipinski definition) is 1. The van der Waals surface area contributed by atoms with Crippen LogP contribution in [0.1, 0.15) is 37.9 Å². The fraction of sp³-hybridized carbons (Fsp3) is 0.421. The van der Waals surface area contributed by atoms with Crippen LogP contribution in [0, 0.1) is 0 Å². The molecule has 0 spiro atoms. The highest BCUT2D eigenvalue weighted by atomic mass is 32.2. The van der Waals surface area contributed by atoms with Gasteiger partial charge in [-0.05, 0) is 31.4 Å². The molecule has 2 aromatic heterocycles. The second-order valence-corrected chi connectivity index (χ2v) is 8.18. The molecule has 29 heavy (non-hydrogen) atoms. The van der Waals surface area contributed by atoms with Gasteiger partial charge in [0.05, 0.1) is 17.1 Å². The van der Waals surface area contributed by atoms with Gasteiger partial charge in [0.15, 0.2) is 11.6 Å². The van der Waals surface area contributed by atoms with Crippen molar-refractivity contribution in [1.29, 1.82) is 0 Å². The van der Waals surface area contributed by atoms with E-state index >= 15 is 0 Å². The summed E-state index contributed by atoms with van der Waals surface area (Å²) < 4.78 is 46.5. The summed E-state index contributed by atoms with van der Waals surface area (Å²) in [4.78, 5) is 12.4. The van der Waals surface area contributed by atoms with Crippen molar-refractivity contribution in [3.05, 3.63) is 36.2 Å². The Hall–Kier alpha value is -2.30. The molecule has 10 heteroatoms. The molecule has 4 rings (SSSR count). The van der Waals surface area contributed by atoms with E-state index in [2.05, 4.69) is 15.0 Å². The van der Waals surface area contributed by atoms with Crippen LogP contribution in [0.5, 0.6) is 5.88 Å². The fourth-order valence-electron chi connectivity index (χ4n) is 3.50. The van der Waals surface area contributed by atoms with Gasteiger partial charge in [0.2, 0.25) is 5.88 Å². The molecule has 1 aromatic carbocycles. The maximum absolute atomic E-state index is 13.7. The summed E-state index contributed by atoms with van der Waals surface area (Å²) in [5.41, 5.74) is 0.837. The van der Waals surface area contributed by atoms with Gasteiger partial charge in [0.25, 0.3) is 6.43 Å². The minimum atomic E-state index is -2.84. The molecule has 2 heterocycles. The molecular weight excluding hydrogens is 402 g/mol. The maximum atomic E-state index is 13.7. The topological polar surface area (TPSA) is 96.1 Å². The van der Waals surface area contributed by atoms with Crippen molar-refractivity contribution in [1.82, 2.24) is 19.5 Å². The normalized spacial score (nSPS) is 20.9. The van der Waals surface area contributed by atoms with E-state index in [9.17, 15) is 18.4 Å². The summed E-state index contributed by atoms with van der Waals surface area (Å²) in [6, 6.07) is 8.13. The van der Waals surface area contributed by atoms with Gasteiger partial charge in [-0.15, -0.1) is 4.98 Å². The van der Waals surface area contributed by atoms with Gasteiger partial charge in [-0.3, -0.25) is 4.57 Å². The van der Waals surface area contributed by atoms with E-state index in [1.165, 1.54) is 16.9 Å². The van der Waals surface area contributed by atoms with Crippen LogP contribution in [0.2, 0.25) is 0 Å². The lowest BCUT2D eigenvalue weighted by molar-refractivity contribution is 0.00407. The number of benzene rings is 1. The van der Waals surface area contributed by atoms with Gasteiger partial charge in [0, 0.05) is 17.2 Å². The van der Waals surface area contributed by atoms with E-state index in [4.69, 9.17) is 4.74 Å². The minimum Gasteiger partial charge on any atom is -0.609 e. The fourth-order valence-corrected chi connectivity index (χ4v) is 3.94. The Balaban J connectivity index is 1.83. The number of halogens is 2. The highest BCUT2D eigenvalue weighted by Crippen LogP contribution is 2.30. The van der Waals surface area contributed by atoms with Gasteiger partial charge < -0.3 is 14.4 Å². The van der Waals surface area contributed by atoms with Gasteiger partial charge in [-0.25, -0.2) is 13.8 Å². The Labute approximate surface area is 168 Å². The summed E-state index contributed by atoms with van der Waals surface area (Å²) in [6.45, 7) is 0. The summed E-state index contributed by atoms with van der Waals surface area (Å²) >= 11 is -1.56. The van der Waals surface area contributed by atoms with Crippen molar-refractivity contribution in [2.24, 2.45) is 0 Å². The molecule has 1 fully saturated rings. The number of rotatable bonds is 5. The first-order chi connectivity index (χ1) is 13.9. The van der Waals surface area contributed by atoms with Crippen LogP contribution in [0.4, 0.5) is 8.78 Å². The maximum Gasteiger partial charge on any atom is 0.347 e. The van der Waals surface area contributed by atoms with Gasteiger partial charge in [-0.2, -0.15) is 4.98 Å². The van der Waals surface area contributed by atoms with Gasteiger partial charge >= 0.3 is 5.16 Å². The molecule has 154 valence electrons. The van der Waals surface area contributed by atoms with Gasteiger partial charge in [0.1, 0.15) is 12.4 Å². The Morgan fingerprint density at radius 1 is 1.21 bits per heavy atom. The minimum absolute atomic E-state index is 0.0409. The van der Waals surface area contributed by atoms with Crippen molar-refractivity contribution >= 4 is 22.2 Å². The molecule has 3 aromatic rings. The summed E-state index contributed by atoms with van der Waals surface area (Å²) in [5, 5.41) is 10.1. The highest BCUT2D eigenvalue weighted by molar-refractivity contribution is 7.90. The van der Waals surface area contributed by atoms with Crippen LogP contribution >= 0.6 is 0 Å². The first-order valence-corrected chi connectivity index (χ1v) is 10.8. The number of aromatic nitrogens is 4. The Bertz CT molecular complexity index is 1010. The molecule has 1 unspecified atom stereocenters. The zero-order valence-electron chi connectivity index (χ0n) is 15.7. The van der Waals surface area contributed by atoms with Crippen LogP contribution in [0.15, 0.2) is 35.5 Å². The highest BCUT2D eigenvalue weighted by Gasteiger charge is 2.27. The Morgan fingerprint density at radius 2 is 1.97 bits per heavy atom. The van der Waals surface area contributed by atoms with Crippen molar-refractivity contribution in [3.8, 4) is 11.7 Å². The number of para-hydroxylation sites is 2. The van der Waals surface area contributed by atoms with Crippen LogP contribution in [0.25, 0.3) is 16.9 Å². The third kappa shape index (κ3) is 4.05. The number of imidazole rings is 1. The van der Waals surface area contributed by atoms with E-state index in [-0.39, 0.29) is 16.9 Å². The quantitative estimate of drug-likeness (QED) is 0.501. The number of fused-ring (bicyclic) bond motifs is 1. The summed E-state index contributed by atoms with van der Waals surface area (Å²) in [6.07, 6.45) is 0.573. The molecule has 0 bridgehead atoms. The van der Waals surface area contributed by atoms with Crippen molar-refractivity contribution in [2.45, 2.75) is 49.5 Å². The second-order valence-electron chi connectivity index (χ2n) is 6.90. The predicted molar refractivity (Wildman–Crippen MR) is 103 cm³/mol. The molecule has 0 saturated heterocycles. The second kappa shape index (κ2) is 8.21. The van der Waals surface area contributed by atoms with Crippen LogP contribution in [-0.2, 0) is 11.2 Å². The van der Waals surface area contributed by atoms with Crippen LogP contribution < -0.4 is 4.74 Å². The van der Waals surface area contributed by atoms with E-state index in [1.807, 2.05) is 0 Å². The van der Waals surface area contributed by atoms with Crippen LogP contribution in [-0.4, -0.2) is 47.6 Å². The third-order valence-electron chi connectivity index (χ3n) is 4.88. The van der Waals surface area contributed by atoms with E-state index < -0.39 is 35.6 Å². The van der Waals surface area contributed by atoms with Crippen LogP contribution in [0.3, 0.4) is 0 Å². The van der Waals surface area contributed by atoms with Crippen molar-refractivity contribution in [3.63, 3.8) is 0 Å². The Kier molecular flexibility index (Phi) is 5.66. The van der Waals surface area contributed by atoms with E-state index in [1.54, 1.807) is 24.3 Å². The SMILES string of the molecule is C[S+]([O-])c1nc(O[C@H]2CCCC[C@H]2O)cc(-n2c(C(F)F)nc3ccccc32)n1. The number of hydrogen-bond acceptors (Lipinski definition) is 6. The lowest BCUT2D eigenvalue weighted by Gasteiger charge is -2.27. The lowest BCUT2D eigenvalue weighted by atomic mass is 9.95. The lowest BCUT2D eigenvalue weighted by Crippen LogP contribution is -2.35. The monoisotopic (exact) mass is 422 g/mol. The van der Waals surface area contributed by atoms with Gasteiger partial charge in [-0.1, -0.05) is 18.6 Å². The summed E-state index contributed by atoms with van der Waals surface area (Å²) in [5.74, 6) is -0.292. The number of aliphatic hydroxyl groups excluding tert-OH is 1. The first-order valence-electron chi connectivity index (χ1n) is 9.27. The van der Waals surface area contributed by atoms with E-state index in [0.717, 1.165) is 12.8 Å². The Morgan fingerprint density at radius 3 is 2.69 bits per heavy atom. The average molecular weight is 422 g/mol. The molecule has 0 aliphatic heterocycles. The summed E-state index contributed by atoms with van der Waals surface area (Å²) in [7, 11) is 0. The first kappa shape index (κ1) is 20.0. The zero-order chi connectivity index (χ0) is 20.5. The molecule has 1 saturated carbocycles. The largest absolute Gasteiger partial charge is 0.609 e. The smallest absolute Gasteiger partial charge is 0.347 e. The molecule has 7 nitrogen and oxygen atoms in total. The van der Waals surface area contributed by atoms with Crippen molar-refractivity contribution in [2.75, 3.05) is 6.26 Å². The molecule has 0 radical (unpaired) electrons. The number of ether oxygens (including phenoxy) is 1. The molecule has 1 aliphatic rings. The zero-order valence-corrected chi connectivity index (χ0v) is 16.5. The predicted octanol–water partition coefficient (Wildman–Crippen LogP) is 3.17. The molecular formula is C19H20F2N4O3S. The van der Waals surface area contributed by atoms with Crippen molar-refractivity contribution < 1.29 is 23.2 Å². The average Bonchev–Trinajstić information content (AvgIpc) is 3.09.